The molecule has 5 aromatic rings. The number of likely N-dealkylation sites (tertiary alicyclic amines) is 1. The molecule has 4 heterocycles. The molecule has 0 saturated carbocycles. The van der Waals surface area contributed by atoms with Crippen molar-refractivity contribution in [2.24, 2.45) is 5.92 Å². The number of esters is 1. The van der Waals surface area contributed by atoms with E-state index in [0.29, 0.717) is 35.5 Å². The molecule has 4 aliphatic heterocycles. The van der Waals surface area contributed by atoms with Crippen molar-refractivity contribution in [3.05, 3.63) is 167 Å². The Bertz CT molecular complexity index is 2640. The zero-order valence-electron chi connectivity index (χ0n) is 37.6. The Balaban J connectivity index is 1.37. The molecule has 0 aliphatic carbocycles. The first kappa shape index (κ1) is 45.4. The Hall–Kier alpha value is -6.78. The monoisotopic (exact) mass is 900 g/mol. The largest absolute Gasteiger partial charge is 0.491 e. The molecule has 1 spiro atoms. The second-order valence-corrected chi connectivity index (χ2v) is 17.7. The third-order valence-corrected chi connectivity index (χ3v) is 13.8. The van der Waals surface area contributed by atoms with Gasteiger partial charge >= 0.3 is 12.0 Å². The van der Waals surface area contributed by atoms with Crippen molar-refractivity contribution in [1.82, 2.24) is 15.1 Å². The van der Waals surface area contributed by atoms with E-state index in [-0.39, 0.29) is 37.8 Å². The average molecular weight is 901 g/mol. The van der Waals surface area contributed by atoms with Gasteiger partial charge in [0.15, 0.2) is 0 Å². The number of para-hydroxylation sites is 1. The van der Waals surface area contributed by atoms with Crippen LogP contribution in [0.15, 0.2) is 133 Å². The summed E-state index contributed by atoms with van der Waals surface area (Å²) in [4.78, 5) is 68.7. The van der Waals surface area contributed by atoms with Crippen LogP contribution in [-0.2, 0) is 24.5 Å². The first-order valence-electron chi connectivity index (χ1n) is 23.4. The number of nitrogens with zero attached hydrogens (tertiary/aromatic N) is 3. The van der Waals surface area contributed by atoms with E-state index in [0.717, 1.165) is 53.7 Å². The lowest BCUT2D eigenvalue weighted by molar-refractivity contribution is -0.179. The number of imide groups is 1. The van der Waals surface area contributed by atoms with Gasteiger partial charge in [-0.25, -0.2) is 9.69 Å². The number of hydrogen-bond donors (Lipinski definition) is 3. The lowest BCUT2D eigenvalue weighted by Crippen LogP contribution is -2.57. The summed E-state index contributed by atoms with van der Waals surface area (Å²) < 4.78 is 13.0. The number of aliphatic hydroxyl groups excluding tert-OH is 2. The van der Waals surface area contributed by atoms with Crippen LogP contribution in [-0.4, -0.2) is 82.8 Å². The van der Waals surface area contributed by atoms with Crippen LogP contribution >= 0.6 is 0 Å². The number of morpholine rings is 1. The number of hydrogen-bond acceptors (Lipinski definition) is 9. The molecule has 7 unspecified atom stereocenters. The number of carbonyl (C=O) groups is 4. The van der Waals surface area contributed by atoms with Crippen molar-refractivity contribution in [1.29, 1.82) is 0 Å². The van der Waals surface area contributed by atoms with Crippen molar-refractivity contribution >= 4 is 29.5 Å². The number of fused-ring (bicyclic) bond motifs is 3. The average Bonchev–Trinajstić information content (AvgIpc) is 3.80. The number of rotatable bonds is 10. The van der Waals surface area contributed by atoms with Gasteiger partial charge < -0.3 is 29.9 Å². The van der Waals surface area contributed by atoms with Crippen molar-refractivity contribution in [3.8, 4) is 17.6 Å². The maximum atomic E-state index is 16.8. The van der Waals surface area contributed by atoms with Crippen LogP contribution in [0.1, 0.15) is 103 Å². The maximum absolute atomic E-state index is 16.8. The van der Waals surface area contributed by atoms with E-state index in [1.165, 1.54) is 0 Å². The van der Waals surface area contributed by atoms with Gasteiger partial charge in [-0.15, -0.1) is 0 Å². The maximum Gasteiger partial charge on any atom is 0.329 e. The van der Waals surface area contributed by atoms with Crippen molar-refractivity contribution < 1.29 is 38.9 Å². The Morgan fingerprint density at radius 3 is 2.12 bits per heavy atom. The molecule has 0 bridgehead atoms. The number of benzene rings is 5. The van der Waals surface area contributed by atoms with Gasteiger partial charge in [0, 0.05) is 30.6 Å². The predicted molar refractivity (Wildman–Crippen MR) is 253 cm³/mol. The van der Waals surface area contributed by atoms with Gasteiger partial charge in [-0.3, -0.25) is 19.3 Å². The van der Waals surface area contributed by atoms with E-state index in [9.17, 15) is 10.2 Å². The number of ether oxygens (including phenoxy) is 2. The highest BCUT2D eigenvalue weighted by atomic mass is 16.6. The topological polar surface area (TPSA) is 149 Å². The third-order valence-electron chi connectivity index (χ3n) is 13.8. The highest BCUT2D eigenvalue weighted by Gasteiger charge is 2.76. The summed E-state index contributed by atoms with van der Waals surface area (Å²) in [6, 6.07) is 36.5. The fourth-order valence-corrected chi connectivity index (χ4v) is 10.9. The molecule has 7 atom stereocenters. The lowest BCUT2D eigenvalue weighted by atomic mass is 9.64. The summed E-state index contributed by atoms with van der Waals surface area (Å²) in [5, 5.41) is 22.9. The summed E-state index contributed by atoms with van der Waals surface area (Å²) in [5.41, 5.74) is 1.92. The molecule has 344 valence electrons. The summed E-state index contributed by atoms with van der Waals surface area (Å²) >= 11 is 0. The number of anilines is 1. The molecule has 5 aromatic carbocycles. The molecule has 3 N–H and O–H groups in total. The fourth-order valence-electron chi connectivity index (χ4n) is 10.9. The van der Waals surface area contributed by atoms with Gasteiger partial charge in [-0.2, -0.15) is 0 Å². The van der Waals surface area contributed by atoms with Crippen LogP contribution in [0.2, 0.25) is 0 Å². The Morgan fingerprint density at radius 1 is 0.791 bits per heavy atom. The number of cyclic esters (lactones) is 1. The Labute approximate surface area is 391 Å². The van der Waals surface area contributed by atoms with Gasteiger partial charge in [0.05, 0.1) is 42.9 Å². The zero-order valence-corrected chi connectivity index (χ0v) is 37.6. The number of nitrogens with one attached hydrogen (secondary N) is 1. The molecule has 9 rings (SSSR count). The van der Waals surface area contributed by atoms with E-state index < -0.39 is 59.5 Å². The SMILES string of the molecule is CC(NC(=O)N1C(=O)C2(c3cc(C#CCCO)ccc31)C(C(=O)N1CCCCCCC1)C1C(=O)OC(c3ccccc3)C(c3ccccc3)N1C2c1ccccc1OCCO)c1ccccc1. The molecular weight excluding hydrogens is 845 g/mol. The van der Waals surface area contributed by atoms with Gasteiger partial charge in [0.25, 0.3) is 0 Å². The highest BCUT2D eigenvalue weighted by Crippen LogP contribution is 2.67. The molecule has 12 nitrogen and oxygen atoms in total. The van der Waals surface area contributed by atoms with Crippen LogP contribution in [0.25, 0.3) is 0 Å². The molecule has 67 heavy (non-hydrogen) atoms. The van der Waals surface area contributed by atoms with E-state index in [1.54, 1.807) is 30.3 Å². The van der Waals surface area contributed by atoms with E-state index in [2.05, 4.69) is 17.2 Å². The van der Waals surface area contributed by atoms with Crippen LogP contribution in [0.4, 0.5) is 10.5 Å². The van der Waals surface area contributed by atoms with Crippen LogP contribution in [0.3, 0.4) is 0 Å². The molecule has 0 aromatic heterocycles. The highest BCUT2D eigenvalue weighted by molar-refractivity contribution is 6.24. The molecule has 4 aliphatic rings. The lowest BCUT2D eigenvalue weighted by Gasteiger charge is -2.46. The molecule has 3 fully saturated rings. The summed E-state index contributed by atoms with van der Waals surface area (Å²) in [5.74, 6) is 3.35. The van der Waals surface area contributed by atoms with Gasteiger partial charge in [-0.05, 0) is 66.3 Å². The van der Waals surface area contributed by atoms with Gasteiger partial charge in [-0.1, -0.05) is 140 Å². The zero-order chi connectivity index (χ0) is 46.5. The molecular formula is C55H56N4O8. The minimum absolute atomic E-state index is 0.0753. The normalized spacial score (nSPS) is 24.1. The van der Waals surface area contributed by atoms with Gasteiger partial charge in [0.1, 0.15) is 29.9 Å². The molecule has 0 radical (unpaired) electrons. The second kappa shape index (κ2) is 20.0. The third kappa shape index (κ3) is 8.37. The van der Waals surface area contributed by atoms with Crippen molar-refractivity contribution in [2.45, 2.75) is 81.1 Å². The summed E-state index contributed by atoms with van der Waals surface area (Å²) in [6.45, 7) is 2.16. The van der Waals surface area contributed by atoms with E-state index in [1.807, 2.05) is 120 Å². The first-order chi connectivity index (χ1) is 32.8. The smallest absolute Gasteiger partial charge is 0.329 e. The van der Waals surface area contributed by atoms with Crippen LogP contribution < -0.4 is 15.0 Å². The molecule has 12 heteroatoms. The Morgan fingerprint density at radius 2 is 1.43 bits per heavy atom. The molecule has 4 amide bonds. The van der Waals surface area contributed by atoms with Crippen LogP contribution in [0.5, 0.6) is 5.75 Å². The van der Waals surface area contributed by atoms with Crippen molar-refractivity contribution in [2.75, 3.05) is 37.8 Å². The second-order valence-electron chi connectivity index (χ2n) is 17.7. The fraction of sp³-hybridized carbons (Fsp3) is 0.345. The Kier molecular flexibility index (Phi) is 13.5. The standard InChI is InChI=1S/C55H56N4O8/c1-37(39-21-8-5-9-22-39)56-54(65)58-44-30-29-38(20-16-19-33-60)36-43(44)55(53(58)64)46(51(62)57-31-17-3-2-4-18-32-57)48-52(63)67-49(41-25-12-7-13-26-41)47(40-23-10-6-11-24-40)59(48)50(55)42-27-14-15-28-45(42)66-35-34-61/h5-15,21-30,36-37,46-50,60-61H,2-4,17-19,31-35H2,1H3,(H,56,65). The predicted octanol–water partition coefficient (Wildman–Crippen LogP) is 7.72. The van der Waals surface area contributed by atoms with E-state index in [4.69, 9.17) is 9.47 Å². The quantitative estimate of drug-likeness (QED) is 0.0947. The number of amides is 4. The molecule has 3 saturated heterocycles. The van der Waals surface area contributed by atoms with Gasteiger partial charge in [0.2, 0.25) is 11.8 Å². The van der Waals surface area contributed by atoms with E-state index >= 15 is 19.2 Å². The summed E-state index contributed by atoms with van der Waals surface area (Å²) in [6.07, 6.45) is 3.69. The summed E-state index contributed by atoms with van der Waals surface area (Å²) in [7, 11) is 0. The number of urea groups is 1. The van der Waals surface area contributed by atoms with Crippen molar-refractivity contribution in [3.63, 3.8) is 0 Å². The van der Waals surface area contributed by atoms with Crippen LogP contribution in [0, 0.1) is 17.8 Å². The minimum atomic E-state index is -1.99. The minimum Gasteiger partial charge on any atom is -0.491 e. The number of carbonyl (C=O) groups excluding carboxylic acids is 4. The first-order valence-corrected chi connectivity index (χ1v) is 23.4. The number of aliphatic hydroxyl groups is 2.